The number of halogens is 3. The number of rotatable bonds is 4. The summed E-state index contributed by atoms with van der Waals surface area (Å²) in [4.78, 5) is 23.9. The Morgan fingerprint density at radius 3 is 2.61 bits per heavy atom. The highest BCUT2D eigenvalue weighted by atomic mass is 32.1. The van der Waals surface area contributed by atoms with Gasteiger partial charge in [0, 0.05) is 51.6 Å². The zero-order chi connectivity index (χ0) is 20.1. The average molecular weight is 415 g/mol. The number of hydrogen-bond donors (Lipinski definition) is 1. The van der Waals surface area contributed by atoms with Crippen molar-refractivity contribution in [1.82, 2.24) is 20.1 Å². The first-order valence-electron chi connectivity index (χ1n) is 8.68. The van der Waals surface area contributed by atoms with Crippen molar-refractivity contribution in [2.24, 2.45) is 4.99 Å². The summed E-state index contributed by atoms with van der Waals surface area (Å²) in [7, 11) is 1.65. The Bertz CT molecular complexity index is 811. The molecule has 1 aliphatic rings. The molecule has 0 aliphatic carbocycles. The SMILES string of the molecule is CN=C(NCCc1nc(C(F)(F)F)cs1)N1CCN(C(=O)c2ccco2)CC1. The summed E-state index contributed by atoms with van der Waals surface area (Å²) in [5, 5.41) is 4.59. The van der Waals surface area contributed by atoms with Gasteiger partial charge in [-0.15, -0.1) is 11.3 Å². The second-order valence-corrected chi connectivity index (χ2v) is 7.05. The van der Waals surface area contributed by atoms with E-state index in [4.69, 9.17) is 4.42 Å². The first-order chi connectivity index (χ1) is 13.4. The van der Waals surface area contributed by atoms with Crippen LogP contribution < -0.4 is 5.32 Å². The number of carbonyl (C=O) groups excluding carboxylic acids is 1. The maximum Gasteiger partial charge on any atom is 0.434 e. The molecule has 0 saturated carbocycles. The van der Waals surface area contributed by atoms with Gasteiger partial charge in [-0.05, 0) is 12.1 Å². The van der Waals surface area contributed by atoms with E-state index in [-0.39, 0.29) is 5.91 Å². The van der Waals surface area contributed by atoms with E-state index in [1.807, 2.05) is 4.90 Å². The van der Waals surface area contributed by atoms with Gasteiger partial charge in [-0.1, -0.05) is 0 Å². The first kappa shape index (κ1) is 20.2. The summed E-state index contributed by atoms with van der Waals surface area (Å²) in [5.74, 6) is 0.826. The fourth-order valence-corrected chi connectivity index (χ4v) is 3.65. The van der Waals surface area contributed by atoms with Crippen molar-refractivity contribution in [3.8, 4) is 0 Å². The number of furan rings is 1. The molecule has 2 aromatic heterocycles. The molecule has 11 heteroatoms. The lowest BCUT2D eigenvalue weighted by Gasteiger charge is -2.36. The Kier molecular flexibility index (Phi) is 6.22. The van der Waals surface area contributed by atoms with Crippen LogP contribution in [0.25, 0.3) is 0 Å². The van der Waals surface area contributed by atoms with E-state index in [1.165, 1.54) is 6.26 Å². The minimum atomic E-state index is -4.41. The van der Waals surface area contributed by atoms with Crippen LogP contribution in [0.5, 0.6) is 0 Å². The molecule has 152 valence electrons. The van der Waals surface area contributed by atoms with E-state index >= 15 is 0 Å². The quantitative estimate of drug-likeness (QED) is 0.613. The number of guanidine groups is 1. The number of hydrogen-bond acceptors (Lipinski definition) is 5. The lowest BCUT2D eigenvalue weighted by molar-refractivity contribution is -0.140. The molecule has 0 spiro atoms. The van der Waals surface area contributed by atoms with Gasteiger partial charge in [0.05, 0.1) is 11.3 Å². The molecule has 0 unspecified atom stereocenters. The molecular weight excluding hydrogens is 395 g/mol. The fraction of sp³-hybridized carbons (Fsp3) is 0.471. The Morgan fingerprint density at radius 2 is 2.04 bits per heavy atom. The van der Waals surface area contributed by atoms with E-state index in [0.29, 0.717) is 55.9 Å². The number of carbonyl (C=O) groups is 1. The summed E-state index contributed by atoms with van der Waals surface area (Å²) in [6.45, 7) is 2.68. The second-order valence-electron chi connectivity index (χ2n) is 6.10. The monoisotopic (exact) mass is 415 g/mol. The third-order valence-electron chi connectivity index (χ3n) is 4.27. The molecule has 1 fully saturated rings. The van der Waals surface area contributed by atoms with Gasteiger partial charge in [0.1, 0.15) is 0 Å². The third kappa shape index (κ3) is 4.83. The molecule has 0 bridgehead atoms. The van der Waals surface area contributed by atoms with Crippen LogP contribution in [0.1, 0.15) is 21.3 Å². The van der Waals surface area contributed by atoms with Gasteiger partial charge in [-0.3, -0.25) is 9.79 Å². The zero-order valence-electron chi connectivity index (χ0n) is 15.2. The number of aliphatic imine (C=N–C) groups is 1. The predicted molar refractivity (Wildman–Crippen MR) is 98.4 cm³/mol. The van der Waals surface area contributed by atoms with Gasteiger partial charge in [0.2, 0.25) is 0 Å². The summed E-state index contributed by atoms with van der Waals surface area (Å²) in [6.07, 6.45) is -2.57. The number of alkyl halides is 3. The van der Waals surface area contributed by atoms with E-state index in [9.17, 15) is 18.0 Å². The van der Waals surface area contributed by atoms with Gasteiger partial charge in [-0.2, -0.15) is 13.2 Å². The Labute approximate surface area is 163 Å². The average Bonchev–Trinajstić information content (AvgIpc) is 3.36. The molecule has 3 heterocycles. The van der Waals surface area contributed by atoms with Gasteiger partial charge < -0.3 is 19.5 Å². The molecule has 7 nitrogen and oxygen atoms in total. The minimum absolute atomic E-state index is 0.142. The Balaban J connectivity index is 1.46. The highest BCUT2D eigenvalue weighted by Crippen LogP contribution is 2.30. The molecule has 0 aromatic carbocycles. The van der Waals surface area contributed by atoms with Crippen molar-refractivity contribution in [2.75, 3.05) is 39.8 Å². The smallest absolute Gasteiger partial charge is 0.434 e. The van der Waals surface area contributed by atoms with E-state index in [1.54, 1.807) is 24.1 Å². The number of aromatic nitrogens is 1. The standard InChI is InChI=1S/C17H20F3N5O2S/c1-21-16(22-5-4-14-23-13(11-28-14)17(18,19)20)25-8-6-24(7-9-25)15(26)12-3-2-10-27-12/h2-3,10-11H,4-9H2,1H3,(H,21,22). The Morgan fingerprint density at radius 1 is 1.32 bits per heavy atom. The summed E-state index contributed by atoms with van der Waals surface area (Å²) in [6, 6.07) is 3.31. The van der Waals surface area contributed by atoms with Crippen LogP contribution >= 0.6 is 11.3 Å². The summed E-state index contributed by atoms with van der Waals surface area (Å²) in [5.41, 5.74) is -0.853. The van der Waals surface area contributed by atoms with Crippen LogP contribution in [0.15, 0.2) is 33.2 Å². The normalized spacial score (nSPS) is 15.8. The molecule has 1 aliphatic heterocycles. The zero-order valence-corrected chi connectivity index (χ0v) is 16.0. The highest BCUT2D eigenvalue weighted by Gasteiger charge is 2.33. The summed E-state index contributed by atoms with van der Waals surface area (Å²) < 4.78 is 42.9. The van der Waals surface area contributed by atoms with Gasteiger partial charge in [0.25, 0.3) is 5.91 Å². The molecule has 1 amide bonds. The maximum atomic E-state index is 12.6. The fourth-order valence-electron chi connectivity index (χ4n) is 2.85. The lowest BCUT2D eigenvalue weighted by atomic mass is 10.3. The lowest BCUT2D eigenvalue weighted by Crippen LogP contribution is -2.54. The van der Waals surface area contributed by atoms with Crippen LogP contribution in [0, 0.1) is 0 Å². The van der Waals surface area contributed by atoms with Crippen LogP contribution in [0.4, 0.5) is 13.2 Å². The van der Waals surface area contributed by atoms with E-state index in [2.05, 4.69) is 15.3 Å². The van der Waals surface area contributed by atoms with Crippen LogP contribution in [-0.4, -0.2) is 66.4 Å². The Hall–Kier alpha value is -2.56. The largest absolute Gasteiger partial charge is 0.459 e. The van der Waals surface area contributed by atoms with E-state index in [0.717, 1.165) is 16.7 Å². The molecule has 0 atom stereocenters. The number of nitrogens with zero attached hydrogens (tertiary/aromatic N) is 4. The number of nitrogens with one attached hydrogen (secondary N) is 1. The van der Waals surface area contributed by atoms with Gasteiger partial charge in [-0.25, -0.2) is 4.98 Å². The maximum absolute atomic E-state index is 12.6. The van der Waals surface area contributed by atoms with Crippen molar-refractivity contribution in [1.29, 1.82) is 0 Å². The highest BCUT2D eigenvalue weighted by molar-refractivity contribution is 7.09. The molecular formula is C17H20F3N5O2S. The number of piperazine rings is 1. The van der Waals surface area contributed by atoms with Crippen molar-refractivity contribution in [2.45, 2.75) is 12.6 Å². The summed E-state index contributed by atoms with van der Waals surface area (Å²) >= 11 is 0.996. The van der Waals surface area contributed by atoms with Crippen LogP contribution in [0.3, 0.4) is 0 Å². The molecule has 3 rings (SSSR count). The number of amides is 1. The van der Waals surface area contributed by atoms with Crippen molar-refractivity contribution in [3.05, 3.63) is 40.2 Å². The molecule has 2 aromatic rings. The molecule has 28 heavy (non-hydrogen) atoms. The van der Waals surface area contributed by atoms with Crippen LogP contribution in [-0.2, 0) is 12.6 Å². The molecule has 1 N–H and O–H groups in total. The first-order valence-corrected chi connectivity index (χ1v) is 9.56. The third-order valence-corrected chi connectivity index (χ3v) is 5.18. The molecule has 1 saturated heterocycles. The minimum Gasteiger partial charge on any atom is -0.459 e. The van der Waals surface area contributed by atoms with Gasteiger partial charge >= 0.3 is 6.18 Å². The number of thiazole rings is 1. The van der Waals surface area contributed by atoms with E-state index < -0.39 is 11.9 Å². The molecule has 0 radical (unpaired) electrons. The van der Waals surface area contributed by atoms with Crippen LogP contribution in [0.2, 0.25) is 0 Å². The van der Waals surface area contributed by atoms with Crippen molar-refractivity contribution in [3.63, 3.8) is 0 Å². The predicted octanol–water partition coefficient (Wildman–Crippen LogP) is 2.33. The van der Waals surface area contributed by atoms with Crippen molar-refractivity contribution < 1.29 is 22.4 Å². The second kappa shape index (κ2) is 8.63. The topological polar surface area (TPSA) is 74.0 Å². The van der Waals surface area contributed by atoms with Crippen molar-refractivity contribution >= 4 is 23.2 Å². The van der Waals surface area contributed by atoms with Gasteiger partial charge in [0.15, 0.2) is 17.4 Å².